The van der Waals surface area contributed by atoms with Gasteiger partial charge in [0.05, 0.1) is 37.6 Å². The van der Waals surface area contributed by atoms with Crippen molar-refractivity contribution in [3.8, 4) is 89.7 Å². The number of imidazole rings is 1. The minimum Gasteiger partial charge on any atom is -0.507 e. The molecule has 0 bridgehead atoms. The van der Waals surface area contributed by atoms with Crippen LogP contribution in [0.2, 0.25) is 0 Å². The van der Waals surface area contributed by atoms with Crippen LogP contribution < -0.4 is 0 Å². The molecule has 0 spiro atoms. The number of hydrogen-bond acceptors (Lipinski definition) is 3. The molecule has 0 saturated carbocycles. The number of nitrogens with zero attached hydrogens (tertiary/aromatic N) is 3. The molecule has 8 aromatic carbocycles. The topological polar surface area (TPSA) is 50.9 Å². The number of aromatic hydroxyl groups is 1. The van der Waals surface area contributed by atoms with E-state index in [-0.39, 0.29) is 34.3 Å². The van der Waals surface area contributed by atoms with Crippen molar-refractivity contribution in [2.75, 3.05) is 0 Å². The molecule has 73 heavy (non-hydrogen) atoms. The van der Waals surface area contributed by atoms with Gasteiger partial charge in [-0.2, -0.15) is 0 Å². The van der Waals surface area contributed by atoms with Crippen LogP contribution in [-0.4, -0.2) is 19.6 Å². The van der Waals surface area contributed by atoms with Crippen LogP contribution in [0.15, 0.2) is 188 Å². The largest absolute Gasteiger partial charge is 0.507 e. The average molecular weight is 970 g/mol. The Morgan fingerprint density at radius 1 is 0.534 bits per heavy atom. The molecule has 2 aromatic heterocycles. The monoisotopic (exact) mass is 970 g/mol. The summed E-state index contributed by atoms with van der Waals surface area (Å²) in [6, 6.07) is 41.4. The summed E-state index contributed by atoms with van der Waals surface area (Å²) >= 11 is 0. The van der Waals surface area contributed by atoms with Crippen molar-refractivity contribution in [2.24, 2.45) is 0 Å². The van der Waals surface area contributed by atoms with Gasteiger partial charge in [0.1, 0.15) is 11.6 Å². The van der Waals surface area contributed by atoms with Gasteiger partial charge in [0.25, 0.3) is 0 Å². The zero-order valence-electron chi connectivity index (χ0n) is 58.3. The first-order chi connectivity index (χ1) is 41.6. The Hall–Kier alpha value is -7.82. The van der Waals surface area contributed by atoms with Gasteiger partial charge in [0, 0.05) is 35.2 Å². The van der Waals surface area contributed by atoms with Crippen LogP contribution in [0.3, 0.4) is 0 Å². The van der Waals surface area contributed by atoms with Gasteiger partial charge in [-0.3, -0.25) is 9.55 Å². The molecule has 0 aliphatic rings. The van der Waals surface area contributed by atoms with Gasteiger partial charge in [-0.25, -0.2) is 4.98 Å². The van der Waals surface area contributed by atoms with Crippen LogP contribution >= 0.6 is 0 Å². The molecule has 0 saturated heterocycles. The first-order valence-corrected chi connectivity index (χ1v) is 24.6. The minimum atomic E-state index is -3.94. The zero-order valence-corrected chi connectivity index (χ0v) is 42.3. The van der Waals surface area contributed by atoms with Crippen molar-refractivity contribution < 1.29 is 27.0 Å². The van der Waals surface area contributed by atoms with Gasteiger partial charge in [-0.05, 0) is 156 Å². The molecule has 4 heteroatoms. The predicted octanol–water partition coefficient (Wildman–Crippen LogP) is 18.9. The van der Waals surface area contributed by atoms with Crippen molar-refractivity contribution in [3.05, 3.63) is 216 Å². The molecule has 0 amide bonds. The van der Waals surface area contributed by atoms with Gasteiger partial charge in [-0.15, -0.1) is 0 Å². The zero-order chi connectivity index (χ0) is 64.9. The van der Waals surface area contributed by atoms with E-state index in [1.807, 2.05) is 98.8 Å². The fraction of sp³-hybridized carbons (Fsp3) is 0.217. The molecule has 0 atom stereocenters. The summed E-state index contributed by atoms with van der Waals surface area (Å²) in [5.74, 6) is 0.540. The third-order valence-corrected chi connectivity index (χ3v) is 13.6. The maximum Gasteiger partial charge on any atom is 0.149 e. The van der Waals surface area contributed by atoms with E-state index >= 15 is 0 Å². The van der Waals surface area contributed by atoms with Crippen LogP contribution in [0.4, 0.5) is 0 Å². The van der Waals surface area contributed by atoms with Gasteiger partial charge in [0.15, 0.2) is 0 Å². The van der Waals surface area contributed by atoms with Crippen LogP contribution in [0.1, 0.15) is 131 Å². The number of fused-ring (bicyclic) bond motifs is 1. The Bertz CT molecular complexity index is 4340. The lowest BCUT2D eigenvalue weighted by Crippen LogP contribution is -2.10. The van der Waals surface area contributed by atoms with Gasteiger partial charge < -0.3 is 5.11 Å². The normalized spacial score (nSPS) is 15.8. The Kier molecular flexibility index (Phi) is 8.73. The maximum atomic E-state index is 12.6. The van der Waals surface area contributed by atoms with Crippen molar-refractivity contribution in [2.45, 2.75) is 98.6 Å². The van der Waals surface area contributed by atoms with Gasteiger partial charge in [0.2, 0.25) is 0 Å². The van der Waals surface area contributed by atoms with E-state index in [4.69, 9.17) is 22.8 Å². The van der Waals surface area contributed by atoms with E-state index in [1.54, 1.807) is 12.1 Å². The SMILES string of the molecule is [2H]c1nc(-c2cc(-c3ccccc3)cc(-c3cccc4c3nc(-c3cc(C(C)C)cc(C(C)C)c3O)n4-c3cc(C)c(-c4ccccc4)cc3-c3ccc(C(C)(C)C)cc3)c2)c([2H])c(-c2c([2H])c([2H])c(C(C([2H])([2H])[2H])(C([2H])([2H])[2H])C([2H])([2H])[2H])c([2H])c2[2H])c1[2H]. The highest BCUT2D eigenvalue weighted by molar-refractivity contribution is 5.99. The quantitative estimate of drug-likeness (QED) is 0.149. The van der Waals surface area contributed by atoms with E-state index in [9.17, 15) is 9.22 Å². The summed E-state index contributed by atoms with van der Waals surface area (Å²) in [6.45, 7) is 5.09. The lowest BCUT2D eigenvalue weighted by molar-refractivity contribution is 0.466. The number of para-hydroxylation sites is 1. The molecule has 364 valence electrons. The molecule has 10 rings (SSSR count). The standard InChI is InChI=1S/C69H67N3O/c1-43(2)51-39-58(44(3)4)66(73)61(40-51)67-71-65-57(53-36-52(46-19-14-12-15-20-46)37-54(38-53)62-41-50(33-34-70-62)47-25-29-55(30-26-47)68(6,7)8)23-18-24-63(65)72(67)64-35-45(5)59(48-21-16-13-17-22-48)42-60(64)49-27-31-56(32-28-49)69(9,10)11/h12-44,73H,1-11H3/i6D3,7D3,8D3,25D,26D,29D,30D,33D,34D,41D. The number of aromatic nitrogens is 3. The number of pyridine rings is 1. The van der Waals surface area contributed by atoms with E-state index in [0.717, 1.165) is 55.8 Å². The molecule has 0 radical (unpaired) electrons. The fourth-order valence-electron chi connectivity index (χ4n) is 9.49. The molecule has 0 fully saturated rings. The van der Waals surface area contributed by atoms with Crippen LogP contribution in [-0.2, 0) is 10.8 Å². The van der Waals surface area contributed by atoms with E-state index in [0.29, 0.717) is 39.1 Å². The molecular formula is C69H67N3O. The number of phenolic OH excluding ortho intramolecular Hbond substituents is 1. The van der Waals surface area contributed by atoms with Crippen LogP contribution in [0.25, 0.3) is 95.0 Å². The number of rotatable bonds is 10. The molecule has 4 nitrogen and oxygen atoms in total. The third-order valence-electron chi connectivity index (χ3n) is 13.6. The highest BCUT2D eigenvalue weighted by atomic mass is 16.3. The first kappa shape index (κ1) is 33.0. The second-order valence-corrected chi connectivity index (χ2v) is 20.5. The summed E-state index contributed by atoms with van der Waals surface area (Å²) in [5, 5.41) is 12.6. The van der Waals surface area contributed by atoms with E-state index < -0.39 is 85.1 Å². The summed E-state index contributed by atoms with van der Waals surface area (Å²) in [7, 11) is 0. The third kappa shape index (κ3) is 9.67. The fourth-order valence-corrected chi connectivity index (χ4v) is 9.49. The summed E-state index contributed by atoms with van der Waals surface area (Å²) < 4.78 is 142. The first-order valence-electron chi connectivity index (χ1n) is 32.6. The lowest BCUT2D eigenvalue weighted by Gasteiger charge is -2.22. The number of benzene rings is 8. The average Bonchev–Trinajstić information content (AvgIpc) is 1.16. The van der Waals surface area contributed by atoms with Crippen molar-refractivity contribution in [1.29, 1.82) is 0 Å². The molecule has 0 unspecified atom stereocenters. The molecule has 0 aliphatic heterocycles. The van der Waals surface area contributed by atoms with Gasteiger partial charge in [-0.1, -0.05) is 196 Å². The summed E-state index contributed by atoms with van der Waals surface area (Å²) in [5.41, 5.74) is 5.94. The second kappa shape index (κ2) is 19.3. The Morgan fingerprint density at radius 3 is 1.85 bits per heavy atom. The Morgan fingerprint density at radius 2 is 1.19 bits per heavy atom. The maximum absolute atomic E-state index is 12.6. The van der Waals surface area contributed by atoms with Crippen molar-refractivity contribution in [3.63, 3.8) is 0 Å². The van der Waals surface area contributed by atoms with Crippen molar-refractivity contribution in [1.82, 2.24) is 14.5 Å². The Balaban J connectivity index is 1.29. The lowest BCUT2D eigenvalue weighted by atomic mass is 9.85. The van der Waals surface area contributed by atoms with Crippen molar-refractivity contribution >= 4 is 11.0 Å². The Labute approximate surface area is 455 Å². The molecular weight excluding hydrogens is 887 g/mol. The summed E-state index contributed by atoms with van der Waals surface area (Å²) in [4.78, 5) is 10.1. The molecule has 10 aromatic rings. The second-order valence-electron chi connectivity index (χ2n) is 20.5. The smallest absolute Gasteiger partial charge is 0.149 e. The number of hydrogen-bond donors (Lipinski definition) is 1. The molecule has 2 heterocycles. The van der Waals surface area contributed by atoms with E-state index in [1.165, 1.54) is 0 Å². The van der Waals surface area contributed by atoms with Crippen LogP contribution in [0.5, 0.6) is 5.75 Å². The van der Waals surface area contributed by atoms with Crippen LogP contribution in [0, 0.1) is 6.92 Å². The number of aryl methyl sites for hydroxylation is 1. The van der Waals surface area contributed by atoms with E-state index in [2.05, 4.69) is 99.6 Å². The molecule has 0 aliphatic carbocycles. The highest BCUT2D eigenvalue weighted by Gasteiger charge is 2.26. The predicted molar refractivity (Wildman–Crippen MR) is 309 cm³/mol. The van der Waals surface area contributed by atoms with Gasteiger partial charge >= 0.3 is 0 Å². The highest BCUT2D eigenvalue weighted by Crippen LogP contribution is 2.46. The number of phenols is 1. The molecule has 1 N–H and O–H groups in total. The summed E-state index contributed by atoms with van der Waals surface area (Å²) in [6.07, 6.45) is -0.743. The minimum absolute atomic E-state index is 0.0691.